The van der Waals surface area contributed by atoms with Gasteiger partial charge in [-0.25, -0.2) is 0 Å². The van der Waals surface area contributed by atoms with Gasteiger partial charge in [-0.15, -0.1) is 0 Å². The lowest BCUT2D eigenvalue weighted by Crippen LogP contribution is -2.50. The Balaban J connectivity index is 3.04. The molecule has 0 N–H and O–H groups in total. The number of carbonyl (C=O) groups is 1. The van der Waals surface area contributed by atoms with Gasteiger partial charge in [0.2, 0.25) is 7.28 Å². The summed E-state index contributed by atoms with van der Waals surface area (Å²) in [5, 5.41) is 0. The fourth-order valence-electron chi connectivity index (χ4n) is 1.28. The molecule has 0 bridgehead atoms. The molecule has 0 aliphatic heterocycles. The molecule has 1 rings (SSSR count). The van der Waals surface area contributed by atoms with Gasteiger partial charge in [0.25, 0.3) is 6.29 Å². The first-order valence-corrected chi connectivity index (χ1v) is 6.63. The van der Waals surface area contributed by atoms with E-state index in [9.17, 15) is 4.79 Å². The molecule has 1 atom stereocenters. The Labute approximate surface area is 86.6 Å². The highest BCUT2D eigenvalue weighted by Gasteiger charge is 2.13. The Bertz CT molecular complexity index is 365. The number of aromatic nitrogens is 1. The number of hydrogen-bond donors (Lipinski definition) is 0. The van der Waals surface area contributed by atoms with E-state index in [4.69, 9.17) is 0 Å². The predicted molar refractivity (Wildman–Crippen MR) is 63.2 cm³/mol. The van der Waals surface area contributed by atoms with Gasteiger partial charge in [0, 0.05) is 17.7 Å². The van der Waals surface area contributed by atoms with Crippen LogP contribution in [0.15, 0.2) is 18.3 Å². The van der Waals surface area contributed by atoms with Crippen molar-refractivity contribution < 1.29 is 9.36 Å². The number of hydrogen-bond acceptors (Lipinski definition) is 1. The SMILES string of the molecule is C=[P+](C)C[n+]1ccc(C=O)cc1[B]C. The Hall–Kier alpha value is -0.945. The summed E-state index contributed by atoms with van der Waals surface area (Å²) in [4.78, 5) is 10.6. The third kappa shape index (κ3) is 2.78. The molecule has 0 spiro atoms. The highest BCUT2D eigenvalue weighted by Crippen LogP contribution is 2.10. The number of aldehydes is 1. The summed E-state index contributed by atoms with van der Waals surface area (Å²) in [6.45, 7) is 4.11. The van der Waals surface area contributed by atoms with Gasteiger partial charge >= 0.3 is 0 Å². The minimum absolute atomic E-state index is 0.208. The van der Waals surface area contributed by atoms with Gasteiger partial charge in [0.05, 0.1) is 6.30 Å². The molecule has 1 aromatic heterocycles. The number of carbonyl (C=O) groups excluding carboxylic acids is 1. The van der Waals surface area contributed by atoms with E-state index in [0.717, 1.165) is 23.7 Å². The van der Waals surface area contributed by atoms with Crippen molar-refractivity contribution in [2.45, 2.75) is 13.1 Å². The highest BCUT2D eigenvalue weighted by molar-refractivity contribution is 7.53. The number of nitrogens with zero attached hydrogens (tertiary/aromatic N) is 1. The summed E-state index contributed by atoms with van der Waals surface area (Å²) in [5.74, 6) is 0. The van der Waals surface area contributed by atoms with Crippen molar-refractivity contribution in [2.24, 2.45) is 0 Å². The topological polar surface area (TPSA) is 20.9 Å². The largest absolute Gasteiger partial charge is 0.298 e. The van der Waals surface area contributed by atoms with Crippen LogP contribution < -0.4 is 10.2 Å². The molecule has 0 fully saturated rings. The van der Waals surface area contributed by atoms with Gasteiger partial charge in [0.15, 0.2) is 13.7 Å². The lowest BCUT2D eigenvalue weighted by molar-refractivity contribution is -0.659. The monoisotopic (exact) mass is 206 g/mol. The molecule has 0 aromatic carbocycles. The molecular weight excluding hydrogens is 192 g/mol. The first-order chi connectivity index (χ1) is 6.67. The Morgan fingerprint density at radius 3 is 2.93 bits per heavy atom. The second-order valence-electron chi connectivity index (χ2n) is 3.26. The van der Waals surface area contributed by atoms with Crippen molar-refractivity contribution in [2.75, 3.05) is 6.66 Å². The zero-order valence-corrected chi connectivity index (χ0v) is 9.50. The van der Waals surface area contributed by atoms with Crippen molar-refractivity contribution in [3.63, 3.8) is 0 Å². The first kappa shape index (κ1) is 11.1. The lowest BCUT2D eigenvalue weighted by Gasteiger charge is -1.98. The summed E-state index contributed by atoms with van der Waals surface area (Å²) < 4.78 is 2.13. The predicted octanol–water partition coefficient (Wildman–Crippen LogP) is 0.665. The molecule has 0 saturated carbocycles. The van der Waals surface area contributed by atoms with Gasteiger partial charge in [0.1, 0.15) is 18.5 Å². The summed E-state index contributed by atoms with van der Waals surface area (Å²) >= 11 is 0. The quantitative estimate of drug-likeness (QED) is 0.307. The van der Waals surface area contributed by atoms with Gasteiger partial charge in [-0.05, 0) is 0 Å². The van der Waals surface area contributed by atoms with Crippen LogP contribution in [0.3, 0.4) is 0 Å². The third-order valence-corrected chi connectivity index (χ3v) is 2.71. The van der Waals surface area contributed by atoms with Crippen LogP contribution in [-0.2, 0) is 6.29 Å². The van der Waals surface area contributed by atoms with Crippen LogP contribution in [0, 0.1) is 0 Å². The van der Waals surface area contributed by atoms with Gasteiger partial charge in [-0.1, -0.05) is 6.82 Å². The Morgan fingerprint density at radius 1 is 1.71 bits per heavy atom. The van der Waals surface area contributed by atoms with Crippen LogP contribution >= 0.6 is 7.55 Å². The average molecular weight is 206 g/mol. The van der Waals surface area contributed by atoms with Crippen molar-refractivity contribution in [3.8, 4) is 0 Å². The summed E-state index contributed by atoms with van der Waals surface area (Å²) in [5.41, 5.74) is 1.80. The molecule has 1 heterocycles. The molecule has 0 amide bonds. The molecule has 71 valence electrons. The van der Waals surface area contributed by atoms with Gasteiger partial charge in [-0.2, -0.15) is 4.57 Å². The highest BCUT2D eigenvalue weighted by atomic mass is 31.1. The molecule has 0 saturated heterocycles. The van der Waals surface area contributed by atoms with Gasteiger partial charge < -0.3 is 0 Å². The molecule has 4 heteroatoms. The summed E-state index contributed by atoms with van der Waals surface area (Å²) in [6, 6.07) is 3.73. The number of rotatable bonds is 4. The maximum Gasteiger partial charge on any atom is 0.294 e. The van der Waals surface area contributed by atoms with E-state index >= 15 is 0 Å². The third-order valence-electron chi connectivity index (χ3n) is 1.92. The van der Waals surface area contributed by atoms with Crippen LogP contribution in [0.25, 0.3) is 0 Å². The van der Waals surface area contributed by atoms with Crippen LogP contribution in [0.2, 0.25) is 6.82 Å². The van der Waals surface area contributed by atoms with E-state index in [1.54, 1.807) is 0 Å². The molecule has 2 nitrogen and oxygen atoms in total. The number of pyridine rings is 1. The molecule has 0 aliphatic rings. The van der Waals surface area contributed by atoms with E-state index in [0.29, 0.717) is 0 Å². The van der Waals surface area contributed by atoms with Crippen LogP contribution in [0.1, 0.15) is 10.4 Å². The normalized spacial score (nSPS) is 10.9. The fourth-order valence-corrected chi connectivity index (χ4v) is 2.05. The molecule has 14 heavy (non-hydrogen) atoms. The summed E-state index contributed by atoms with van der Waals surface area (Å²) in [7, 11) is 1.80. The van der Waals surface area contributed by atoms with Crippen LogP contribution in [-0.4, -0.2) is 26.5 Å². The smallest absolute Gasteiger partial charge is 0.294 e. The maximum atomic E-state index is 10.6. The van der Waals surface area contributed by atoms with Crippen molar-refractivity contribution in [1.29, 1.82) is 0 Å². The van der Waals surface area contributed by atoms with Crippen molar-refractivity contribution >= 4 is 33.0 Å². The van der Waals surface area contributed by atoms with E-state index in [-0.39, 0.29) is 7.55 Å². The van der Waals surface area contributed by atoms with E-state index < -0.39 is 0 Å². The minimum Gasteiger partial charge on any atom is -0.298 e. The second-order valence-corrected chi connectivity index (χ2v) is 5.25. The maximum absolute atomic E-state index is 10.6. The molecule has 1 radical (unpaired) electrons. The average Bonchev–Trinajstić information content (AvgIpc) is 2.17. The van der Waals surface area contributed by atoms with Crippen LogP contribution in [0.4, 0.5) is 0 Å². The van der Waals surface area contributed by atoms with Crippen LogP contribution in [0.5, 0.6) is 0 Å². The zero-order valence-electron chi connectivity index (χ0n) is 8.60. The minimum atomic E-state index is -0.208. The standard InChI is InChI=1S/C10H14BNOP/c1-11-10-6-9(7-13)4-5-12(10)8-14(2)3/h4-7H,2,8H2,1,3H3/q+2. The molecular formula is C10H14BNOP+2. The molecule has 1 aromatic rings. The Morgan fingerprint density at radius 2 is 2.43 bits per heavy atom. The fraction of sp³-hybridized carbons (Fsp3) is 0.300. The van der Waals surface area contributed by atoms with Gasteiger partial charge in [-0.3, -0.25) is 4.79 Å². The Kier molecular flexibility index (Phi) is 4.03. The van der Waals surface area contributed by atoms with Crippen molar-refractivity contribution in [1.82, 2.24) is 0 Å². The summed E-state index contributed by atoms with van der Waals surface area (Å²) in [6.07, 6.45) is 7.77. The zero-order chi connectivity index (χ0) is 10.6. The first-order valence-electron chi connectivity index (χ1n) is 4.47. The second kappa shape index (κ2) is 5.06. The van der Waals surface area contributed by atoms with E-state index in [1.807, 2.05) is 32.4 Å². The van der Waals surface area contributed by atoms with Crippen molar-refractivity contribution in [3.05, 3.63) is 23.9 Å². The van der Waals surface area contributed by atoms with E-state index in [1.165, 1.54) is 0 Å². The molecule has 1 unspecified atom stereocenters. The van der Waals surface area contributed by atoms with E-state index in [2.05, 4.69) is 17.5 Å². The lowest BCUT2D eigenvalue weighted by atomic mass is 9.77. The molecule has 0 aliphatic carbocycles.